The summed E-state index contributed by atoms with van der Waals surface area (Å²) >= 11 is 18.6. The molecule has 0 aromatic heterocycles. The number of hydrogen-bond acceptors (Lipinski definition) is 4. The van der Waals surface area contributed by atoms with Crippen molar-refractivity contribution in [2.75, 3.05) is 17.4 Å². The third-order valence-corrected chi connectivity index (χ3v) is 8.52. The second-order valence-electron chi connectivity index (χ2n) is 8.58. The van der Waals surface area contributed by atoms with Gasteiger partial charge in [-0.3, -0.25) is 13.9 Å². The van der Waals surface area contributed by atoms with Gasteiger partial charge in [0.25, 0.3) is 10.0 Å². The lowest BCUT2D eigenvalue weighted by Crippen LogP contribution is -2.51. The summed E-state index contributed by atoms with van der Waals surface area (Å²) in [6.07, 6.45) is 0. The van der Waals surface area contributed by atoms with Crippen LogP contribution in [0.2, 0.25) is 15.1 Å². The van der Waals surface area contributed by atoms with Crippen LogP contribution in [0.25, 0.3) is 0 Å². The zero-order chi connectivity index (χ0) is 28.0. The van der Waals surface area contributed by atoms with E-state index >= 15 is 0 Å². The molecular weight excluding hydrogens is 569 g/mol. The van der Waals surface area contributed by atoms with Crippen molar-refractivity contribution in [3.05, 3.63) is 92.9 Å². The van der Waals surface area contributed by atoms with Gasteiger partial charge < -0.3 is 10.2 Å². The van der Waals surface area contributed by atoms with Crippen LogP contribution < -0.4 is 9.62 Å². The van der Waals surface area contributed by atoms with E-state index in [-0.39, 0.29) is 23.0 Å². The number of nitrogens with one attached hydrogen (secondary N) is 1. The van der Waals surface area contributed by atoms with Gasteiger partial charge in [-0.1, -0.05) is 65.1 Å². The van der Waals surface area contributed by atoms with Gasteiger partial charge in [0.15, 0.2) is 0 Å². The van der Waals surface area contributed by atoms with E-state index in [4.69, 9.17) is 34.8 Å². The summed E-state index contributed by atoms with van der Waals surface area (Å²) in [5, 5.41) is 3.76. The quantitative estimate of drug-likeness (QED) is 0.325. The number of carbonyl (C=O) groups excluding carboxylic acids is 2. The average Bonchev–Trinajstić information content (AvgIpc) is 2.88. The maximum Gasteiger partial charge on any atom is 0.264 e. The van der Waals surface area contributed by atoms with Crippen molar-refractivity contribution >= 4 is 62.3 Å². The Balaban J connectivity index is 2.08. The van der Waals surface area contributed by atoms with Crippen molar-refractivity contribution in [3.8, 4) is 0 Å². The molecule has 0 radical (unpaired) electrons. The number of benzene rings is 3. The summed E-state index contributed by atoms with van der Waals surface area (Å²) in [6.45, 7) is 4.82. The summed E-state index contributed by atoms with van der Waals surface area (Å²) in [6, 6.07) is 16.5. The van der Waals surface area contributed by atoms with Gasteiger partial charge in [-0.05, 0) is 68.3 Å². The first-order valence-corrected chi connectivity index (χ1v) is 14.4. The highest BCUT2D eigenvalue weighted by Gasteiger charge is 2.33. The van der Waals surface area contributed by atoms with Gasteiger partial charge in [0.05, 0.1) is 10.6 Å². The standard InChI is InChI=1S/C27H28Cl3N3O4S/c1-4-31-27(35)19(3)32(16-20-11-13-21(28)14-24(20)30)26(34)17-33(25-15-22(29)12-10-18(25)2)38(36,37)23-8-6-5-7-9-23/h5-15,19H,4,16-17H2,1-3H3,(H,31,35)/t19-/m0/s1. The molecule has 3 aromatic rings. The second-order valence-corrected chi connectivity index (χ2v) is 11.7. The molecule has 0 aliphatic carbocycles. The van der Waals surface area contributed by atoms with Crippen LogP contribution in [0.15, 0.2) is 71.6 Å². The van der Waals surface area contributed by atoms with Crippen molar-refractivity contribution in [2.24, 2.45) is 0 Å². The Morgan fingerprint density at radius 1 is 0.947 bits per heavy atom. The van der Waals surface area contributed by atoms with Crippen LogP contribution in [0, 0.1) is 6.92 Å². The molecule has 3 aromatic carbocycles. The van der Waals surface area contributed by atoms with Crippen LogP contribution >= 0.6 is 34.8 Å². The molecule has 11 heteroatoms. The Kier molecular flexibility index (Phi) is 10.1. The van der Waals surface area contributed by atoms with Gasteiger partial charge in [-0.2, -0.15) is 0 Å². The zero-order valence-corrected chi connectivity index (χ0v) is 24.2. The summed E-state index contributed by atoms with van der Waals surface area (Å²) in [5.41, 5.74) is 1.41. The predicted octanol–water partition coefficient (Wildman–Crippen LogP) is 5.70. The van der Waals surface area contributed by atoms with Gasteiger partial charge in [-0.15, -0.1) is 0 Å². The molecular formula is C27H28Cl3N3O4S. The van der Waals surface area contributed by atoms with Gasteiger partial charge >= 0.3 is 0 Å². The van der Waals surface area contributed by atoms with Gasteiger partial charge in [0.2, 0.25) is 11.8 Å². The third kappa shape index (κ3) is 6.99. The minimum absolute atomic E-state index is 0.0104. The van der Waals surface area contributed by atoms with E-state index < -0.39 is 28.5 Å². The van der Waals surface area contributed by atoms with Crippen LogP contribution in [0.5, 0.6) is 0 Å². The predicted molar refractivity (Wildman–Crippen MR) is 152 cm³/mol. The largest absolute Gasteiger partial charge is 0.355 e. The summed E-state index contributed by atoms with van der Waals surface area (Å²) in [7, 11) is -4.18. The number of amides is 2. The van der Waals surface area contributed by atoms with Crippen LogP contribution in [0.1, 0.15) is 25.0 Å². The molecule has 0 spiro atoms. The maximum atomic E-state index is 13.9. The summed E-state index contributed by atoms with van der Waals surface area (Å²) in [4.78, 5) is 28.0. The van der Waals surface area contributed by atoms with E-state index in [0.717, 1.165) is 4.31 Å². The summed E-state index contributed by atoms with van der Waals surface area (Å²) in [5.74, 6) is -0.990. The van der Waals surface area contributed by atoms with Crippen molar-refractivity contribution < 1.29 is 18.0 Å². The molecule has 0 fully saturated rings. The van der Waals surface area contributed by atoms with Crippen LogP contribution in [0.3, 0.4) is 0 Å². The topological polar surface area (TPSA) is 86.8 Å². The Labute approximate surface area is 238 Å². The zero-order valence-electron chi connectivity index (χ0n) is 21.1. The maximum absolute atomic E-state index is 13.9. The smallest absolute Gasteiger partial charge is 0.264 e. The number of hydrogen-bond donors (Lipinski definition) is 1. The monoisotopic (exact) mass is 595 g/mol. The normalized spacial score (nSPS) is 12.1. The van der Waals surface area contributed by atoms with Crippen molar-refractivity contribution in [2.45, 2.75) is 38.3 Å². The molecule has 1 atom stereocenters. The Morgan fingerprint density at radius 3 is 2.21 bits per heavy atom. The first-order valence-electron chi connectivity index (χ1n) is 11.8. The molecule has 202 valence electrons. The third-order valence-electron chi connectivity index (χ3n) is 5.92. The van der Waals surface area contributed by atoms with Gasteiger partial charge in [-0.25, -0.2) is 8.42 Å². The fourth-order valence-corrected chi connectivity index (χ4v) is 5.95. The number of nitrogens with zero attached hydrogens (tertiary/aromatic N) is 2. The summed E-state index contributed by atoms with van der Waals surface area (Å²) < 4.78 is 28.6. The molecule has 3 rings (SSSR count). The first kappa shape index (κ1) is 29.8. The highest BCUT2D eigenvalue weighted by atomic mass is 35.5. The lowest BCUT2D eigenvalue weighted by atomic mass is 10.1. The number of halogens is 3. The van der Waals surface area contributed by atoms with Crippen LogP contribution in [-0.2, 0) is 26.2 Å². The molecule has 1 N–H and O–H groups in total. The Bertz CT molecular complexity index is 1420. The Hall–Kier alpha value is -2.78. The molecule has 0 aliphatic heterocycles. The van der Waals surface area contributed by atoms with Crippen LogP contribution in [-0.4, -0.2) is 44.3 Å². The second kappa shape index (κ2) is 12.8. The van der Waals surface area contributed by atoms with E-state index in [1.165, 1.54) is 23.1 Å². The van der Waals surface area contributed by atoms with Gasteiger partial charge in [0.1, 0.15) is 12.6 Å². The van der Waals surface area contributed by atoms with Crippen molar-refractivity contribution in [3.63, 3.8) is 0 Å². The van der Waals surface area contributed by atoms with E-state index in [1.54, 1.807) is 69.3 Å². The minimum atomic E-state index is -4.18. The highest BCUT2D eigenvalue weighted by Crippen LogP contribution is 2.30. The number of carbonyl (C=O) groups is 2. The van der Waals surface area contributed by atoms with E-state index in [1.807, 2.05) is 0 Å². The van der Waals surface area contributed by atoms with E-state index in [9.17, 15) is 18.0 Å². The average molecular weight is 597 g/mol. The lowest BCUT2D eigenvalue weighted by Gasteiger charge is -2.32. The fraction of sp³-hybridized carbons (Fsp3) is 0.259. The number of aryl methyl sites for hydroxylation is 1. The van der Waals surface area contributed by atoms with Crippen molar-refractivity contribution in [1.29, 1.82) is 0 Å². The van der Waals surface area contributed by atoms with E-state index in [0.29, 0.717) is 32.7 Å². The number of sulfonamides is 1. The minimum Gasteiger partial charge on any atom is -0.355 e. The van der Waals surface area contributed by atoms with Crippen LogP contribution in [0.4, 0.5) is 5.69 Å². The number of rotatable bonds is 10. The molecule has 0 heterocycles. The Morgan fingerprint density at radius 2 is 1.58 bits per heavy atom. The van der Waals surface area contributed by atoms with Gasteiger partial charge in [0, 0.05) is 28.2 Å². The fourth-order valence-electron chi connectivity index (χ4n) is 3.82. The highest BCUT2D eigenvalue weighted by molar-refractivity contribution is 7.92. The molecule has 0 bridgehead atoms. The number of anilines is 1. The molecule has 0 saturated carbocycles. The number of likely N-dealkylation sites (N-methyl/N-ethyl adjacent to an activating group) is 1. The molecule has 0 saturated heterocycles. The molecule has 0 unspecified atom stereocenters. The molecule has 7 nitrogen and oxygen atoms in total. The van der Waals surface area contributed by atoms with Crippen molar-refractivity contribution in [1.82, 2.24) is 10.2 Å². The molecule has 0 aliphatic rings. The van der Waals surface area contributed by atoms with E-state index in [2.05, 4.69) is 5.32 Å². The molecule has 2 amide bonds. The molecule has 38 heavy (non-hydrogen) atoms. The first-order chi connectivity index (χ1) is 17.9. The lowest BCUT2D eigenvalue weighted by molar-refractivity contribution is -0.139. The SMILES string of the molecule is CCNC(=O)[C@H](C)N(Cc1ccc(Cl)cc1Cl)C(=O)CN(c1cc(Cl)ccc1C)S(=O)(=O)c1ccccc1.